The number of hydrogen-bond donors (Lipinski definition) is 0. The van der Waals surface area contributed by atoms with Gasteiger partial charge in [0.2, 0.25) is 0 Å². The van der Waals surface area contributed by atoms with Gasteiger partial charge in [-0.05, 0) is 12.8 Å². The van der Waals surface area contributed by atoms with Crippen molar-refractivity contribution in [2.45, 2.75) is 30.3 Å². The maximum atomic E-state index is 12.6. The Bertz CT molecular complexity index is 510. The van der Waals surface area contributed by atoms with Gasteiger partial charge in [0.25, 0.3) is 10.0 Å². The van der Waals surface area contributed by atoms with Gasteiger partial charge < -0.3 is 0 Å². The molecule has 8 heteroatoms. The zero-order chi connectivity index (χ0) is 13.3. The summed E-state index contributed by atoms with van der Waals surface area (Å²) in [7, 11) is -2.06. The van der Waals surface area contributed by atoms with Gasteiger partial charge in [-0.15, -0.1) is 11.6 Å². The summed E-state index contributed by atoms with van der Waals surface area (Å²) in [5, 5.41) is 4.07. The third-order valence-corrected chi connectivity index (χ3v) is 5.96. The van der Waals surface area contributed by atoms with Gasteiger partial charge >= 0.3 is 0 Å². The molecule has 0 bridgehead atoms. The first-order valence-corrected chi connectivity index (χ1v) is 8.09. The van der Waals surface area contributed by atoms with Gasteiger partial charge in [-0.3, -0.25) is 4.68 Å². The molecular weight excluding hydrogens is 297 g/mol. The predicted molar refractivity (Wildman–Crippen MR) is 70.5 cm³/mol. The second-order valence-corrected chi connectivity index (χ2v) is 6.86. The molecule has 0 spiro atoms. The van der Waals surface area contributed by atoms with Crippen LogP contribution in [0.1, 0.15) is 19.3 Å². The molecule has 1 atom stereocenters. The van der Waals surface area contributed by atoms with Crippen molar-refractivity contribution in [3.8, 4) is 0 Å². The molecule has 5 nitrogen and oxygen atoms in total. The summed E-state index contributed by atoms with van der Waals surface area (Å²) in [6.07, 6.45) is 3.98. The quantitative estimate of drug-likeness (QED) is 0.801. The molecule has 1 unspecified atom stereocenters. The number of sulfonamides is 1. The fourth-order valence-corrected chi connectivity index (χ4v) is 4.95. The van der Waals surface area contributed by atoms with E-state index in [0.29, 0.717) is 12.4 Å². The number of rotatable bonds is 3. The average Bonchev–Trinajstić information content (AvgIpc) is 2.69. The number of piperidine rings is 1. The van der Waals surface area contributed by atoms with Gasteiger partial charge in [0.15, 0.2) is 5.03 Å². The van der Waals surface area contributed by atoms with Crippen LogP contribution in [0.4, 0.5) is 0 Å². The Labute approximate surface area is 117 Å². The average molecular weight is 312 g/mol. The van der Waals surface area contributed by atoms with E-state index in [1.807, 2.05) is 0 Å². The molecule has 1 aliphatic rings. The van der Waals surface area contributed by atoms with Gasteiger partial charge in [-0.25, -0.2) is 8.42 Å². The van der Waals surface area contributed by atoms with Crippen LogP contribution < -0.4 is 0 Å². The van der Waals surface area contributed by atoms with Crippen LogP contribution in [-0.4, -0.2) is 41.0 Å². The van der Waals surface area contributed by atoms with Crippen molar-refractivity contribution in [1.29, 1.82) is 0 Å². The predicted octanol–water partition coefficient (Wildman–Crippen LogP) is 1.86. The summed E-state index contributed by atoms with van der Waals surface area (Å²) >= 11 is 11.8. The van der Waals surface area contributed by atoms with E-state index in [4.69, 9.17) is 23.2 Å². The number of alkyl halides is 1. The summed E-state index contributed by atoms with van der Waals surface area (Å²) in [6, 6.07) is -0.156. The highest BCUT2D eigenvalue weighted by Crippen LogP contribution is 2.29. The molecule has 0 radical (unpaired) electrons. The molecule has 0 amide bonds. The topological polar surface area (TPSA) is 55.2 Å². The van der Waals surface area contributed by atoms with Crippen molar-refractivity contribution in [1.82, 2.24) is 14.1 Å². The molecule has 102 valence electrons. The van der Waals surface area contributed by atoms with Crippen molar-refractivity contribution in [3.05, 3.63) is 11.2 Å². The van der Waals surface area contributed by atoms with Crippen LogP contribution in [0.5, 0.6) is 0 Å². The van der Waals surface area contributed by atoms with Crippen molar-refractivity contribution in [3.63, 3.8) is 0 Å². The zero-order valence-electron chi connectivity index (χ0n) is 10.0. The SMILES string of the molecule is Cn1ncc(Cl)c1S(=O)(=O)N1CCCCC1CCl. The molecule has 18 heavy (non-hydrogen) atoms. The lowest BCUT2D eigenvalue weighted by Crippen LogP contribution is -2.45. The molecule has 0 aromatic carbocycles. The van der Waals surface area contributed by atoms with E-state index in [2.05, 4.69) is 5.10 Å². The molecule has 0 N–H and O–H groups in total. The van der Waals surface area contributed by atoms with Crippen LogP contribution in [0.3, 0.4) is 0 Å². The van der Waals surface area contributed by atoms with E-state index in [1.54, 1.807) is 7.05 Å². The fourth-order valence-electron chi connectivity index (χ4n) is 2.25. The smallest absolute Gasteiger partial charge is 0.255 e. The lowest BCUT2D eigenvalue weighted by Gasteiger charge is -2.33. The van der Waals surface area contributed by atoms with Gasteiger partial charge in [0, 0.05) is 25.5 Å². The minimum Gasteiger partial charge on any atom is -0.255 e. The van der Waals surface area contributed by atoms with Crippen molar-refractivity contribution < 1.29 is 8.42 Å². The number of aryl methyl sites for hydroxylation is 1. The van der Waals surface area contributed by atoms with E-state index < -0.39 is 10.0 Å². The van der Waals surface area contributed by atoms with Crippen LogP contribution in [0.15, 0.2) is 11.2 Å². The Morgan fingerprint density at radius 1 is 1.50 bits per heavy atom. The van der Waals surface area contributed by atoms with Crippen LogP contribution in [0.25, 0.3) is 0 Å². The monoisotopic (exact) mass is 311 g/mol. The first-order chi connectivity index (χ1) is 8.48. The second-order valence-electron chi connectivity index (χ2n) is 4.34. The first kappa shape index (κ1) is 14.1. The normalized spacial score (nSPS) is 22.3. The molecule has 2 rings (SSSR count). The molecule has 1 aliphatic heterocycles. The zero-order valence-corrected chi connectivity index (χ0v) is 12.3. The molecule has 2 heterocycles. The van der Waals surface area contributed by atoms with Crippen LogP contribution in [0, 0.1) is 0 Å². The molecule has 0 saturated carbocycles. The minimum absolute atomic E-state index is 0.0428. The van der Waals surface area contributed by atoms with Gasteiger partial charge in [-0.1, -0.05) is 18.0 Å². The lowest BCUT2D eigenvalue weighted by molar-refractivity contribution is 0.269. The van der Waals surface area contributed by atoms with Gasteiger partial charge in [0.05, 0.1) is 11.2 Å². The highest BCUT2D eigenvalue weighted by Gasteiger charge is 2.36. The molecule has 1 aromatic heterocycles. The van der Waals surface area contributed by atoms with E-state index in [0.717, 1.165) is 19.3 Å². The molecular formula is C10H15Cl2N3O2S. The van der Waals surface area contributed by atoms with Crippen molar-refractivity contribution in [2.75, 3.05) is 12.4 Å². The number of aromatic nitrogens is 2. The highest BCUT2D eigenvalue weighted by atomic mass is 35.5. The Morgan fingerprint density at radius 3 is 2.78 bits per heavy atom. The van der Waals surface area contributed by atoms with Crippen LogP contribution in [-0.2, 0) is 17.1 Å². The van der Waals surface area contributed by atoms with Crippen LogP contribution >= 0.6 is 23.2 Å². The van der Waals surface area contributed by atoms with E-state index in [1.165, 1.54) is 15.2 Å². The summed E-state index contributed by atoms with van der Waals surface area (Å²) in [5.74, 6) is 0.300. The number of hydrogen-bond acceptors (Lipinski definition) is 3. The Kier molecular flexibility index (Phi) is 4.21. The number of nitrogens with zero attached hydrogens (tertiary/aromatic N) is 3. The van der Waals surface area contributed by atoms with Crippen LogP contribution in [0.2, 0.25) is 5.02 Å². The molecule has 0 aliphatic carbocycles. The summed E-state index contributed by atoms with van der Waals surface area (Å²) in [5.41, 5.74) is 0. The van der Waals surface area contributed by atoms with E-state index in [9.17, 15) is 8.42 Å². The highest BCUT2D eigenvalue weighted by molar-refractivity contribution is 7.89. The maximum Gasteiger partial charge on any atom is 0.262 e. The lowest BCUT2D eigenvalue weighted by atomic mass is 10.1. The second kappa shape index (κ2) is 5.36. The Hall–Kier alpha value is -0.300. The third kappa shape index (κ3) is 2.39. The van der Waals surface area contributed by atoms with Crippen molar-refractivity contribution >= 4 is 33.2 Å². The third-order valence-electron chi connectivity index (χ3n) is 3.15. The summed E-state index contributed by atoms with van der Waals surface area (Å²) < 4.78 is 27.9. The molecule has 1 fully saturated rings. The van der Waals surface area contributed by atoms with Crippen molar-refractivity contribution in [2.24, 2.45) is 7.05 Å². The number of halogens is 2. The summed E-state index contributed by atoms with van der Waals surface area (Å²) in [4.78, 5) is 0. The maximum absolute atomic E-state index is 12.6. The van der Waals surface area contributed by atoms with E-state index in [-0.39, 0.29) is 16.1 Å². The van der Waals surface area contributed by atoms with E-state index >= 15 is 0 Å². The minimum atomic E-state index is -3.62. The van der Waals surface area contributed by atoms with Gasteiger partial charge in [-0.2, -0.15) is 9.40 Å². The molecule has 1 aromatic rings. The molecule has 1 saturated heterocycles. The summed E-state index contributed by atoms with van der Waals surface area (Å²) in [6.45, 7) is 0.487. The first-order valence-electron chi connectivity index (χ1n) is 5.73. The fraction of sp³-hybridized carbons (Fsp3) is 0.700. The Morgan fingerprint density at radius 2 is 2.22 bits per heavy atom. The largest absolute Gasteiger partial charge is 0.262 e. The standard InChI is InChI=1S/C10H15Cl2N3O2S/c1-14-10(9(12)7-13-14)18(16,17)15-5-3-2-4-8(15)6-11/h7-8H,2-6H2,1H3. The Balaban J connectivity index is 2.41. The van der Waals surface area contributed by atoms with Gasteiger partial charge in [0.1, 0.15) is 0 Å².